The first-order chi connectivity index (χ1) is 7.25. The molecule has 1 fully saturated rings. The molecule has 0 aliphatic carbocycles. The summed E-state index contributed by atoms with van der Waals surface area (Å²) >= 11 is 5.90. The topological polar surface area (TPSA) is 32.3 Å². The summed E-state index contributed by atoms with van der Waals surface area (Å²) in [4.78, 5) is 13.9. The first-order valence-corrected chi connectivity index (χ1v) is 5.50. The van der Waals surface area contributed by atoms with E-state index < -0.39 is 0 Å². The van der Waals surface area contributed by atoms with E-state index >= 15 is 0 Å². The van der Waals surface area contributed by atoms with Crippen LogP contribution in [-0.4, -0.2) is 18.5 Å². The van der Waals surface area contributed by atoms with Crippen LogP contribution in [0.2, 0.25) is 5.02 Å². The summed E-state index contributed by atoms with van der Waals surface area (Å²) in [6.07, 6.45) is 2.04. The zero-order valence-corrected chi connectivity index (χ0v) is 8.92. The molecule has 2 aliphatic heterocycles. The smallest absolute Gasteiger partial charge is 0.247 e. The van der Waals surface area contributed by atoms with Gasteiger partial charge in [0.1, 0.15) is 6.04 Å². The minimum Gasteiger partial charge on any atom is -0.358 e. The van der Waals surface area contributed by atoms with Gasteiger partial charge >= 0.3 is 0 Å². The lowest BCUT2D eigenvalue weighted by Crippen LogP contribution is -2.43. The van der Waals surface area contributed by atoms with Crippen LogP contribution in [0.1, 0.15) is 12.8 Å². The van der Waals surface area contributed by atoms with Crippen LogP contribution in [0.4, 0.5) is 11.4 Å². The predicted octanol–water partition coefficient (Wildman–Crippen LogP) is 2.26. The van der Waals surface area contributed by atoms with E-state index in [4.69, 9.17) is 11.6 Å². The molecule has 2 heterocycles. The standard InChI is InChI=1S/C11H11ClN2O/c12-7-3-4-9-8(6-7)13-11(15)10-2-1-5-14(9)10/h3-4,6,10H,1-2,5H2,(H,13,15)/t10-/m1/s1. The van der Waals surface area contributed by atoms with Gasteiger partial charge in [0, 0.05) is 11.6 Å². The van der Waals surface area contributed by atoms with Crippen molar-refractivity contribution in [3.63, 3.8) is 0 Å². The minimum absolute atomic E-state index is 0.0266. The van der Waals surface area contributed by atoms with Gasteiger partial charge in [-0.1, -0.05) is 11.6 Å². The van der Waals surface area contributed by atoms with E-state index in [1.165, 1.54) is 0 Å². The maximum atomic E-state index is 11.8. The SMILES string of the molecule is O=C1Nc2cc(Cl)ccc2N2CCC[C@H]12. The molecule has 0 unspecified atom stereocenters. The van der Waals surface area contributed by atoms with Gasteiger partial charge in [-0.15, -0.1) is 0 Å². The molecule has 0 radical (unpaired) electrons. The number of nitrogens with one attached hydrogen (secondary N) is 1. The van der Waals surface area contributed by atoms with Crippen molar-refractivity contribution in [2.45, 2.75) is 18.9 Å². The van der Waals surface area contributed by atoms with Gasteiger partial charge in [0.25, 0.3) is 0 Å². The molecule has 1 aromatic carbocycles. The molecule has 1 aromatic rings. The van der Waals surface area contributed by atoms with Crippen LogP contribution in [-0.2, 0) is 4.79 Å². The molecule has 2 aliphatic rings. The summed E-state index contributed by atoms with van der Waals surface area (Å²) in [5, 5.41) is 3.57. The molecular formula is C11H11ClN2O. The highest BCUT2D eigenvalue weighted by Crippen LogP contribution is 2.37. The number of hydrogen-bond acceptors (Lipinski definition) is 2. The molecule has 15 heavy (non-hydrogen) atoms. The second-order valence-corrected chi connectivity index (χ2v) is 4.44. The molecule has 0 aromatic heterocycles. The van der Waals surface area contributed by atoms with Crippen LogP contribution >= 0.6 is 11.6 Å². The number of benzene rings is 1. The zero-order chi connectivity index (χ0) is 10.4. The monoisotopic (exact) mass is 222 g/mol. The Morgan fingerprint density at radius 1 is 1.47 bits per heavy atom. The Balaban J connectivity index is 2.11. The summed E-state index contributed by atoms with van der Waals surface area (Å²) in [5.74, 6) is 0.0993. The van der Waals surface area contributed by atoms with Crippen molar-refractivity contribution in [2.75, 3.05) is 16.8 Å². The average Bonchev–Trinajstić information content (AvgIpc) is 2.66. The van der Waals surface area contributed by atoms with E-state index in [-0.39, 0.29) is 11.9 Å². The van der Waals surface area contributed by atoms with Gasteiger partial charge in [-0.2, -0.15) is 0 Å². The van der Waals surface area contributed by atoms with Crippen molar-refractivity contribution < 1.29 is 4.79 Å². The third-order valence-electron chi connectivity index (χ3n) is 3.08. The Morgan fingerprint density at radius 3 is 3.20 bits per heavy atom. The molecule has 1 amide bonds. The number of halogens is 1. The second-order valence-electron chi connectivity index (χ2n) is 4.00. The van der Waals surface area contributed by atoms with E-state index in [1.54, 1.807) is 0 Å². The molecule has 0 spiro atoms. The van der Waals surface area contributed by atoms with Crippen molar-refractivity contribution >= 4 is 28.9 Å². The summed E-state index contributed by atoms with van der Waals surface area (Å²) in [6, 6.07) is 5.69. The zero-order valence-electron chi connectivity index (χ0n) is 8.16. The van der Waals surface area contributed by atoms with Crippen LogP contribution in [0.25, 0.3) is 0 Å². The van der Waals surface area contributed by atoms with Crippen LogP contribution in [0.3, 0.4) is 0 Å². The number of fused-ring (bicyclic) bond motifs is 3. The number of hydrogen-bond donors (Lipinski definition) is 1. The van der Waals surface area contributed by atoms with E-state index in [1.807, 2.05) is 18.2 Å². The molecule has 1 atom stereocenters. The van der Waals surface area contributed by atoms with Crippen LogP contribution in [0.15, 0.2) is 18.2 Å². The molecular weight excluding hydrogens is 212 g/mol. The third kappa shape index (κ3) is 1.30. The van der Waals surface area contributed by atoms with Gasteiger partial charge in [0.2, 0.25) is 5.91 Å². The lowest BCUT2D eigenvalue weighted by atomic mass is 10.1. The highest BCUT2D eigenvalue weighted by molar-refractivity contribution is 6.31. The number of rotatable bonds is 0. The molecule has 0 saturated carbocycles. The molecule has 1 N–H and O–H groups in total. The summed E-state index contributed by atoms with van der Waals surface area (Å²) in [6.45, 7) is 0.965. The number of amides is 1. The Kier molecular flexibility index (Phi) is 1.89. The lowest BCUT2D eigenvalue weighted by molar-refractivity contribution is -0.117. The maximum Gasteiger partial charge on any atom is 0.247 e. The van der Waals surface area contributed by atoms with Gasteiger partial charge < -0.3 is 10.2 Å². The lowest BCUT2D eigenvalue weighted by Gasteiger charge is -2.32. The fourth-order valence-corrected chi connectivity index (χ4v) is 2.57. The predicted molar refractivity (Wildman–Crippen MR) is 60.4 cm³/mol. The largest absolute Gasteiger partial charge is 0.358 e. The van der Waals surface area contributed by atoms with E-state index in [9.17, 15) is 4.79 Å². The van der Waals surface area contributed by atoms with E-state index in [2.05, 4.69) is 10.2 Å². The average molecular weight is 223 g/mol. The Morgan fingerprint density at radius 2 is 2.33 bits per heavy atom. The minimum atomic E-state index is 0.0266. The molecule has 0 bridgehead atoms. The van der Waals surface area contributed by atoms with Gasteiger partial charge in [0.05, 0.1) is 11.4 Å². The normalized spacial score (nSPS) is 23.4. The fraction of sp³-hybridized carbons (Fsp3) is 0.364. The van der Waals surface area contributed by atoms with Crippen molar-refractivity contribution in [3.05, 3.63) is 23.2 Å². The van der Waals surface area contributed by atoms with E-state index in [0.717, 1.165) is 30.8 Å². The van der Waals surface area contributed by atoms with Gasteiger partial charge in [-0.05, 0) is 31.0 Å². The Labute approximate surface area is 93.0 Å². The Bertz CT molecular complexity index is 433. The number of carbonyl (C=O) groups is 1. The maximum absolute atomic E-state index is 11.8. The second kappa shape index (κ2) is 3.14. The molecule has 3 nitrogen and oxygen atoms in total. The van der Waals surface area contributed by atoms with Crippen molar-refractivity contribution in [3.8, 4) is 0 Å². The van der Waals surface area contributed by atoms with Crippen molar-refractivity contribution in [1.29, 1.82) is 0 Å². The van der Waals surface area contributed by atoms with E-state index in [0.29, 0.717) is 5.02 Å². The molecule has 1 saturated heterocycles. The van der Waals surface area contributed by atoms with Crippen molar-refractivity contribution in [1.82, 2.24) is 0 Å². The van der Waals surface area contributed by atoms with Gasteiger partial charge in [0.15, 0.2) is 0 Å². The summed E-state index contributed by atoms with van der Waals surface area (Å²) in [5.41, 5.74) is 1.94. The third-order valence-corrected chi connectivity index (χ3v) is 3.32. The van der Waals surface area contributed by atoms with Crippen molar-refractivity contribution in [2.24, 2.45) is 0 Å². The number of carbonyl (C=O) groups excluding carboxylic acids is 1. The summed E-state index contributed by atoms with van der Waals surface area (Å²) < 4.78 is 0. The highest BCUT2D eigenvalue weighted by atomic mass is 35.5. The first kappa shape index (κ1) is 9.04. The van der Waals surface area contributed by atoms with Crippen LogP contribution in [0.5, 0.6) is 0 Å². The number of nitrogens with zero attached hydrogens (tertiary/aromatic N) is 1. The van der Waals surface area contributed by atoms with Gasteiger partial charge in [-0.3, -0.25) is 4.79 Å². The van der Waals surface area contributed by atoms with Crippen LogP contribution < -0.4 is 10.2 Å². The molecule has 4 heteroatoms. The van der Waals surface area contributed by atoms with Gasteiger partial charge in [-0.25, -0.2) is 0 Å². The Hall–Kier alpha value is -1.22. The molecule has 78 valence electrons. The number of anilines is 2. The quantitative estimate of drug-likeness (QED) is 0.730. The highest BCUT2D eigenvalue weighted by Gasteiger charge is 2.35. The first-order valence-electron chi connectivity index (χ1n) is 5.13. The van der Waals surface area contributed by atoms with Crippen LogP contribution in [0, 0.1) is 0 Å². The fourth-order valence-electron chi connectivity index (χ4n) is 2.40. The molecule has 3 rings (SSSR count). The summed E-state index contributed by atoms with van der Waals surface area (Å²) in [7, 11) is 0.